The Kier molecular flexibility index (Phi) is 3.48. The topological polar surface area (TPSA) is 54.5 Å². The smallest absolute Gasteiger partial charge is 0.225 e. The molecule has 2 aliphatic rings. The van der Waals surface area contributed by atoms with Gasteiger partial charge in [-0.25, -0.2) is 0 Å². The van der Waals surface area contributed by atoms with Crippen molar-refractivity contribution < 1.29 is 9.53 Å². The van der Waals surface area contributed by atoms with Crippen molar-refractivity contribution in [3.63, 3.8) is 0 Å². The van der Waals surface area contributed by atoms with Crippen LogP contribution in [0.25, 0.3) is 0 Å². The minimum atomic E-state index is 0.00824. The van der Waals surface area contributed by atoms with Gasteiger partial charge in [0.2, 0.25) is 5.91 Å². The highest BCUT2D eigenvalue weighted by atomic mass is 16.5. The van der Waals surface area contributed by atoms with Crippen molar-refractivity contribution in [2.45, 2.75) is 25.2 Å². The predicted octanol–water partition coefficient (Wildman–Crippen LogP) is 0.417. The van der Waals surface area contributed by atoms with Gasteiger partial charge in [0.05, 0.1) is 18.1 Å². The van der Waals surface area contributed by atoms with E-state index in [1.807, 2.05) is 12.3 Å². The molecule has 102 valence electrons. The van der Waals surface area contributed by atoms with Crippen molar-refractivity contribution in [3.05, 3.63) is 30.1 Å². The van der Waals surface area contributed by atoms with Crippen LogP contribution in [0.3, 0.4) is 0 Å². The van der Waals surface area contributed by atoms with E-state index in [9.17, 15) is 4.79 Å². The van der Waals surface area contributed by atoms with E-state index in [0.29, 0.717) is 0 Å². The fraction of sp³-hybridized carbons (Fsp3) is 0.571. The Labute approximate surface area is 113 Å². The van der Waals surface area contributed by atoms with E-state index in [1.165, 1.54) is 5.56 Å². The number of carbonyl (C=O) groups excluding carboxylic acids is 1. The lowest BCUT2D eigenvalue weighted by Crippen LogP contribution is -2.44. The van der Waals surface area contributed by atoms with Gasteiger partial charge in [0.25, 0.3) is 0 Å². The zero-order valence-electron chi connectivity index (χ0n) is 11.1. The van der Waals surface area contributed by atoms with Gasteiger partial charge in [-0.2, -0.15) is 0 Å². The van der Waals surface area contributed by atoms with Gasteiger partial charge in [0.1, 0.15) is 0 Å². The number of nitrogens with one attached hydrogen (secondary N) is 1. The van der Waals surface area contributed by atoms with Crippen LogP contribution in [0.2, 0.25) is 0 Å². The Morgan fingerprint density at radius 1 is 1.58 bits per heavy atom. The van der Waals surface area contributed by atoms with Gasteiger partial charge in [-0.3, -0.25) is 14.7 Å². The van der Waals surface area contributed by atoms with Crippen LogP contribution in [0.5, 0.6) is 0 Å². The number of amides is 1. The Morgan fingerprint density at radius 2 is 2.47 bits per heavy atom. The molecule has 5 nitrogen and oxygen atoms in total. The molecule has 0 spiro atoms. The number of nitrogens with zero attached hydrogens (tertiary/aromatic N) is 2. The molecule has 19 heavy (non-hydrogen) atoms. The maximum Gasteiger partial charge on any atom is 0.225 e. The van der Waals surface area contributed by atoms with Crippen molar-refractivity contribution in [3.8, 4) is 0 Å². The van der Waals surface area contributed by atoms with Crippen LogP contribution in [0.1, 0.15) is 12.0 Å². The quantitative estimate of drug-likeness (QED) is 0.856. The third-order valence-electron chi connectivity index (χ3n) is 3.94. The van der Waals surface area contributed by atoms with Gasteiger partial charge in [-0.15, -0.1) is 0 Å². The van der Waals surface area contributed by atoms with Crippen LogP contribution in [0.4, 0.5) is 0 Å². The molecule has 0 aliphatic carbocycles. The second-order valence-electron chi connectivity index (χ2n) is 5.31. The highest BCUT2D eigenvalue weighted by molar-refractivity contribution is 5.79. The highest BCUT2D eigenvalue weighted by Crippen LogP contribution is 2.32. The summed E-state index contributed by atoms with van der Waals surface area (Å²) in [5.41, 5.74) is 1.21. The molecule has 3 rings (SSSR count). The van der Waals surface area contributed by atoms with Gasteiger partial charge in [-0.1, -0.05) is 6.07 Å². The number of aromatic nitrogens is 1. The molecule has 1 aromatic rings. The van der Waals surface area contributed by atoms with E-state index in [1.54, 1.807) is 13.2 Å². The van der Waals surface area contributed by atoms with Crippen LogP contribution < -0.4 is 5.32 Å². The average Bonchev–Trinajstić information content (AvgIpc) is 2.74. The van der Waals surface area contributed by atoms with E-state index >= 15 is 0 Å². The van der Waals surface area contributed by atoms with Gasteiger partial charge in [0.15, 0.2) is 0 Å². The Bertz CT molecular complexity index is 451. The largest absolute Gasteiger partial charge is 0.371 e. The summed E-state index contributed by atoms with van der Waals surface area (Å²) in [5.74, 6) is 0.115. The van der Waals surface area contributed by atoms with E-state index in [2.05, 4.69) is 21.3 Å². The van der Waals surface area contributed by atoms with E-state index in [4.69, 9.17) is 4.74 Å². The molecule has 1 aromatic heterocycles. The minimum Gasteiger partial charge on any atom is -0.371 e. The number of carbonyl (C=O) groups is 1. The molecule has 3 heterocycles. The third kappa shape index (κ3) is 2.62. The SMILES string of the molecule is CNC(=O)[C@@H]1C[C@H]2CN(Cc3cccnc3)C[C@H]1O2. The first-order chi connectivity index (χ1) is 9.26. The summed E-state index contributed by atoms with van der Waals surface area (Å²) in [7, 11) is 1.69. The number of likely N-dealkylation sites (tertiary alicyclic amines) is 1. The predicted molar refractivity (Wildman–Crippen MR) is 70.3 cm³/mol. The minimum absolute atomic E-state index is 0.00824. The number of morpholine rings is 1. The molecule has 3 atom stereocenters. The molecule has 2 bridgehead atoms. The van der Waals surface area contributed by atoms with Crippen molar-refractivity contribution in [1.29, 1.82) is 0 Å². The van der Waals surface area contributed by atoms with Crippen LogP contribution in [-0.4, -0.2) is 48.1 Å². The van der Waals surface area contributed by atoms with E-state index in [0.717, 1.165) is 26.1 Å². The Morgan fingerprint density at radius 3 is 3.21 bits per heavy atom. The van der Waals surface area contributed by atoms with Crippen molar-refractivity contribution in [1.82, 2.24) is 15.2 Å². The number of pyridine rings is 1. The number of hydrogen-bond acceptors (Lipinski definition) is 4. The first-order valence-electron chi connectivity index (χ1n) is 6.74. The second kappa shape index (κ2) is 5.27. The summed E-state index contributed by atoms with van der Waals surface area (Å²) in [4.78, 5) is 18.3. The van der Waals surface area contributed by atoms with Gasteiger partial charge < -0.3 is 10.1 Å². The van der Waals surface area contributed by atoms with E-state index in [-0.39, 0.29) is 24.0 Å². The molecule has 5 heteroatoms. The molecular formula is C14H19N3O2. The lowest BCUT2D eigenvalue weighted by atomic mass is 10.00. The first-order valence-corrected chi connectivity index (χ1v) is 6.74. The second-order valence-corrected chi connectivity index (χ2v) is 5.31. The van der Waals surface area contributed by atoms with Crippen molar-refractivity contribution in [2.75, 3.05) is 20.1 Å². The summed E-state index contributed by atoms with van der Waals surface area (Å²) >= 11 is 0. The molecule has 2 saturated heterocycles. The summed E-state index contributed by atoms with van der Waals surface area (Å²) in [5, 5.41) is 2.74. The molecule has 1 amide bonds. The highest BCUT2D eigenvalue weighted by Gasteiger charge is 2.44. The maximum atomic E-state index is 11.8. The first kappa shape index (κ1) is 12.6. The Balaban J connectivity index is 1.64. The molecule has 2 fully saturated rings. The molecular weight excluding hydrogens is 242 g/mol. The Hall–Kier alpha value is -1.46. The van der Waals surface area contributed by atoms with Crippen LogP contribution in [-0.2, 0) is 16.1 Å². The lowest BCUT2D eigenvalue weighted by molar-refractivity contribution is -0.127. The number of fused-ring (bicyclic) bond motifs is 2. The summed E-state index contributed by atoms with van der Waals surface area (Å²) in [6, 6.07) is 4.04. The van der Waals surface area contributed by atoms with Crippen LogP contribution in [0.15, 0.2) is 24.5 Å². The monoisotopic (exact) mass is 261 g/mol. The number of ether oxygens (including phenoxy) is 1. The molecule has 0 aromatic carbocycles. The molecule has 0 unspecified atom stereocenters. The lowest BCUT2D eigenvalue weighted by Gasteiger charge is -2.32. The normalized spacial score (nSPS) is 30.3. The van der Waals surface area contributed by atoms with Gasteiger partial charge >= 0.3 is 0 Å². The number of rotatable bonds is 3. The van der Waals surface area contributed by atoms with Gasteiger partial charge in [-0.05, 0) is 18.1 Å². The van der Waals surface area contributed by atoms with Crippen molar-refractivity contribution >= 4 is 5.91 Å². The molecule has 0 saturated carbocycles. The summed E-state index contributed by atoms with van der Waals surface area (Å²) < 4.78 is 5.88. The third-order valence-corrected chi connectivity index (χ3v) is 3.94. The molecule has 1 N–H and O–H groups in total. The summed E-state index contributed by atoms with van der Waals surface area (Å²) in [6.45, 7) is 2.60. The van der Waals surface area contributed by atoms with Crippen LogP contribution in [0, 0.1) is 5.92 Å². The average molecular weight is 261 g/mol. The maximum absolute atomic E-state index is 11.8. The zero-order valence-corrected chi connectivity index (χ0v) is 11.1. The standard InChI is InChI=1S/C14H19N3O2/c1-15-14(18)12-5-11-8-17(9-13(12)19-11)7-10-3-2-4-16-6-10/h2-4,6,11-13H,5,7-9H2,1H3,(H,15,18)/t11-,12+,13+/m0/s1. The summed E-state index contributed by atoms with van der Waals surface area (Å²) in [6.07, 6.45) is 4.75. The fourth-order valence-corrected chi connectivity index (χ4v) is 3.08. The zero-order chi connectivity index (χ0) is 13.2. The molecule has 2 aliphatic heterocycles. The number of hydrogen-bond donors (Lipinski definition) is 1. The van der Waals surface area contributed by atoms with Gasteiger partial charge in [0, 0.05) is 39.1 Å². The van der Waals surface area contributed by atoms with E-state index < -0.39 is 0 Å². The van der Waals surface area contributed by atoms with Crippen LogP contribution >= 0.6 is 0 Å². The molecule has 0 radical (unpaired) electrons. The fourth-order valence-electron chi connectivity index (χ4n) is 3.08. The van der Waals surface area contributed by atoms with Crippen molar-refractivity contribution in [2.24, 2.45) is 5.92 Å².